The highest BCUT2D eigenvalue weighted by Crippen LogP contribution is 2.25. The number of hydrogen-bond acceptors (Lipinski definition) is 1. The Morgan fingerprint density at radius 2 is 2.25 bits per heavy atom. The molecule has 0 aliphatic rings. The molecule has 12 heavy (non-hydrogen) atoms. The van der Waals surface area contributed by atoms with Gasteiger partial charge in [0.2, 0.25) is 0 Å². The van der Waals surface area contributed by atoms with Crippen LogP contribution < -0.4 is 4.74 Å². The van der Waals surface area contributed by atoms with E-state index in [9.17, 15) is 4.39 Å². The van der Waals surface area contributed by atoms with E-state index in [-0.39, 0.29) is 0 Å². The minimum absolute atomic E-state index is 0.508. The van der Waals surface area contributed by atoms with Crippen molar-refractivity contribution in [2.75, 3.05) is 7.11 Å². The number of benzene rings is 1. The highest BCUT2D eigenvalue weighted by molar-refractivity contribution is 9.10. The van der Waals surface area contributed by atoms with Gasteiger partial charge in [-0.3, -0.25) is 0 Å². The van der Waals surface area contributed by atoms with E-state index in [0.29, 0.717) is 6.33 Å². The van der Waals surface area contributed by atoms with E-state index in [4.69, 9.17) is 4.74 Å². The molecule has 0 N–H and O–H groups in total. The van der Waals surface area contributed by atoms with E-state index < -0.39 is 0 Å². The largest absolute Gasteiger partial charge is 0.496 e. The number of halogens is 2. The van der Waals surface area contributed by atoms with Gasteiger partial charge in [0.1, 0.15) is 5.75 Å². The Kier molecular flexibility index (Phi) is 3.29. The van der Waals surface area contributed by atoms with Crippen LogP contribution in [0.3, 0.4) is 0 Å². The number of rotatable bonds is 2. The Bertz CT molecular complexity index is 297. The Balaban J connectivity index is 3.01. The molecule has 0 amide bonds. The lowest BCUT2D eigenvalue weighted by molar-refractivity contribution is 0.412. The lowest BCUT2D eigenvalue weighted by Crippen LogP contribution is -1.84. The van der Waals surface area contributed by atoms with Gasteiger partial charge in [-0.15, -0.1) is 0 Å². The van der Waals surface area contributed by atoms with Crippen molar-refractivity contribution in [1.29, 1.82) is 0 Å². The summed E-state index contributed by atoms with van der Waals surface area (Å²) >= 11 is 3.30. The van der Waals surface area contributed by atoms with Crippen LogP contribution in [0.25, 0.3) is 6.08 Å². The molecule has 0 saturated heterocycles. The van der Waals surface area contributed by atoms with Gasteiger partial charge < -0.3 is 4.74 Å². The van der Waals surface area contributed by atoms with Crippen LogP contribution in [-0.4, -0.2) is 7.11 Å². The fourth-order valence-electron chi connectivity index (χ4n) is 0.859. The first kappa shape index (κ1) is 9.26. The standard InChI is InChI=1S/C9H8BrFO/c1-12-9-3-2-7(4-5-11)6-8(9)10/h2-6H,1H3/b5-4+. The van der Waals surface area contributed by atoms with Crippen LogP contribution in [0, 0.1) is 0 Å². The van der Waals surface area contributed by atoms with Gasteiger partial charge in [-0.2, -0.15) is 0 Å². The lowest BCUT2D eigenvalue weighted by Gasteiger charge is -2.02. The van der Waals surface area contributed by atoms with Crippen LogP contribution in [0.5, 0.6) is 5.75 Å². The molecule has 0 fully saturated rings. The van der Waals surface area contributed by atoms with Gasteiger partial charge in [-0.1, -0.05) is 6.07 Å². The molecule has 0 heterocycles. The minimum Gasteiger partial charge on any atom is -0.496 e. The third-order valence-electron chi connectivity index (χ3n) is 1.43. The van der Waals surface area contributed by atoms with Gasteiger partial charge in [0.15, 0.2) is 0 Å². The maximum atomic E-state index is 11.8. The highest BCUT2D eigenvalue weighted by Gasteiger charge is 1.98. The Labute approximate surface area is 79.0 Å². The molecular weight excluding hydrogens is 223 g/mol. The van der Waals surface area contributed by atoms with E-state index in [2.05, 4.69) is 15.9 Å². The first-order chi connectivity index (χ1) is 5.77. The van der Waals surface area contributed by atoms with Crippen molar-refractivity contribution in [3.63, 3.8) is 0 Å². The highest BCUT2D eigenvalue weighted by atomic mass is 79.9. The predicted octanol–water partition coefficient (Wildman–Crippen LogP) is 3.40. The minimum atomic E-state index is 0.508. The fraction of sp³-hybridized carbons (Fsp3) is 0.111. The zero-order valence-corrected chi connectivity index (χ0v) is 8.14. The van der Waals surface area contributed by atoms with Gasteiger partial charge >= 0.3 is 0 Å². The summed E-state index contributed by atoms with van der Waals surface area (Å²) in [6.45, 7) is 0. The SMILES string of the molecule is COc1ccc(/C=C/F)cc1Br. The number of methoxy groups -OCH3 is 1. The average Bonchev–Trinajstić information content (AvgIpc) is 2.05. The summed E-state index contributed by atoms with van der Waals surface area (Å²) in [5, 5.41) is 0. The maximum absolute atomic E-state index is 11.8. The van der Waals surface area contributed by atoms with E-state index in [1.54, 1.807) is 25.3 Å². The van der Waals surface area contributed by atoms with Crippen LogP contribution in [0.2, 0.25) is 0 Å². The maximum Gasteiger partial charge on any atom is 0.133 e. The Morgan fingerprint density at radius 1 is 1.50 bits per heavy atom. The molecule has 64 valence electrons. The van der Waals surface area contributed by atoms with Gasteiger partial charge in [0.25, 0.3) is 0 Å². The molecule has 1 aromatic rings. The molecular formula is C9H8BrFO. The summed E-state index contributed by atoms with van der Waals surface area (Å²) in [7, 11) is 1.59. The third kappa shape index (κ3) is 2.08. The van der Waals surface area contributed by atoms with E-state index in [1.165, 1.54) is 6.08 Å². The molecule has 1 aromatic carbocycles. The van der Waals surface area contributed by atoms with Crippen LogP contribution in [-0.2, 0) is 0 Å². The van der Waals surface area contributed by atoms with Crippen LogP contribution in [0.1, 0.15) is 5.56 Å². The molecule has 0 unspecified atom stereocenters. The molecule has 0 aliphatic heterocycles. The summed E-state index contributed by atoms with van der Waals surface area (Å²) in [4.78, 5) is 0. The fourth-order valence-corrected chi connectivity index (χ4v) is 1.42. The van der Waals surface area contributed by atoms with Crippen molar-refractivity contribution < 1.29 is 9.13 Å². The monoisotopic (exact) mass is 230 g/mol. The van der Waals surface area contributed by atoms with Crippen molar-refractivity contribution in [3.8, 4) is 5.75 Å². The quantitative estimate of drug-likeness (QED) is 0.757. The van der Waals surface area contributed by atoms with Gasteiger partial charge in [0, 0.05) is 0 Å². The number of ether oxygens (including phenoxy) is 1. The smallest absolute Gasteiger partial charge is 0.133 e. The van der Waals surface area contributed by atoms with Crippen LogP contribution in [0.15, 0.2) is 29.0 Å². The summed E-state index contributed by atoms with van der Waals surface area (Å²) < 4.78 is 17.6. The van der Waals surface area contributed by atoms with Crippen molar-refractivity contribution >= 4 is 22.0 Å². The second-order valence-electron chi connectivity index (χ2n) is 2.19. The molecule has 0 spiro atoms. The summed E-state index contributed by atoms with van der Waals surface area (Å²) in [5.41, 5.74) is 0.796. The van der Waals surface area contributed by atoms with Gasteiger partial charge in [0.05, 0.1) is 17.9 Å². The topological polar surface area (TPSA) is 9.23 Å². The van der Waals surface area contributed by atoms with Crippen molar-refractivity contribution in [1.82, 2.24) is 0 Å². The van der Waals surface area contributed by atoms with Crippen molar-refractivity contribution in [2.24, 2.45) is 0 Å². The normalized spacial score (nSPS) is 10.6. The average molecular weight is 231 g/mol. The number of hydrogen-bond donors (Lipinski definition) is 0. The summed E-state index contributed by atoms with van der Waals surface area (Å²) in [6, 6.07) is 5.34. The molecule has 3 heteroatoms. The second-order valence-corrected chi connectivity index (χ2v) is 3.04. The first-order valence-corrected chi connectivity index (χ1v) is 4.17. The van der Waals surface area contributed by atoms with E-state index >= 15 is 0 Å². The molecule has 0 radical (unpaired) electrons. The molecule has 1 rings (SSSR count). The second kappa shape index (κ2) is 4.26. The zero-order valence-electron chi connectivity index (χ0n) is 6.55. The van der Waals surface area contributed by atoms with Gasteiger partial charge in [-0.25, -0.2) is 4.39 Å². The molecule has 0 aromatic heterocycles. The Morgan fingerprint density at radius 3 is 2.75 bits per heavy atom. The molecule has 0 bridgehead atoms. The Hall–Kier alpha value is -0.830. The third-order valence-corrected chi connectivity index (χ3v) is 2.05. The van der Waals surface area contributed by atoms with Crippen LogP contribution >= 0.6 is 15.9 Å². The zero-order chi connectivity index (χ0) is 8.97. The molecule has 0 atom stereocenters. The van der Waals surface area contributed by atoms with E-state index in [0.717, 1.165) is 15.8 Å². The molecule has 0 aliphatic carbocycles. The lowest BCUT2D eigenvalue weighted by atomic mass is 10.2. The van der Waals surface area contributed by atoms with E-state index in [1.807, 2.05) is 0 Å². The van der Waals surface area contributed by atoms with Crippen molar-refractivity contribution in [3.05, 3.63) is 34.6 Å². The molecule has 0 saturated carbocycles. The summed E-state index contributed by atoms with van der Waals surface area (Å²) in [6.07, 6.45) is 1.89. The summed E-state index contributed by atoms with van der Waals surface area (Å²) in [5.74, 6) is 0.742. The molecule has 1 nitrogen and oxygen atoms in total. The first-order valence-electron chi connectivity index (χ1n) is 3.38. The predicted molar refractivity (Wildman–Crippen MR) is 50.8 cm³/mol. The van der Waals surface area contributed by atoms with Crippen LogP contribution in [0.4, 0.5) is 4.39 Å². The van der Waals surface area contributed by atoms with Gasteiger partial charge in [-0.05, 0) is 39.7 Å². The van der Waals surface area contributed by atoms with Crippen molar-refractivity contribution in [2.45, 2.75) is 0 Å².